The Kier molecular flexibility index (Phi) is 2.98. The van der Waals surface area contributed by atoms with Gasteiger partial charge in [0, 0.05) is 11.1 Å². The molecular formula is C13H11FO2S. The average molecular weight is 250 g/mol. The largest absolute Gasteiger partial charge is 0.477 e. The Bertz CT molecular complexity index is 564. The molecule has 0 aliphatic rings. The van der Waals surface area contributed by atoms with E-state index in [0.717, 1.165) is 22.5 Å². The van der Waals surface area contributed by atoms with Crippen LogP contribution < -0.4 is 0 Å². The van der Waals surface area contributed by atoms with Gasteiger partial charge < -0.3 is 5.11 Å². The van der Waals surface area contributed by atoms with Crippen LogP contribution in [0.25, 0.3) is 11.1 Å². The van der Waals surface area contributed by atoms with Crippen LogP contribution in [0.4, 0.5) is 4.39 Å². The summed E-state index contributed by atoms with van der Waals surface area (Å²) in [6.45, 7) is 3.60. The van der Waals surface area contributed by atoms with Gasteiger partial charge in [-0.05, 0) is 42.5 Å². The molecule has 88 valence electrons. The summed E-state index contributed by atoms with van der Waals surface area (Å²) in [6.07, 6.45) is 0. The van der Waals surface area contributed by atoms with Gasteiger partial charge in [0.1, 0.15) is 10.7 Å². The molecule has 0 unspecified atom stereocenters. The lowest BCUT2D eigenvalue weighted by Crippen LogP contribution is -1.97. The summed E-state index contributed by atoms with van der Waals surface area (Å²) in [5, 5.41) is 10.7. The van der Waals surface area contributed by atoms with Crippen LogP contribution in [0.3, 0.4) is 0 Å². The van der Waals surface area contributed by atoms with E-state index < -0.39 is 5.97 Å². The minimum atomic E-state index is -1.02. The molecule has 0 fully saturated rings. The van der Waals surface area contributed by atoms with Gasteiger partial charge in [-0.15, -0.1) is 11.3 Å². The number of carboxylic acid groups (broad SMARTS) is 1. The van der Waals surface area contributed by atoms with Crippen LogP contribution in [0.5, 0.6) is 0 Å². The van der Waals surface area contributed by atoms with Crippen LogP contribution in [-0.2, 0) is 0 Å². The number of rotatable bonds is 2. The highest BCUT2D eigenvalue weighted by molar-refractivity contribution is 7.12. The summed E-state index contributed by atoms with van der Waals surface area (Å²) in [4.78, 5) is 11.2. The molecule has 0 amide bonds. The maximum atomic E-state index is 13.9. The molecule has 2 rings (SSSR count). The van der Waals surface area contributed by atoms with Crippen molar-refractivity contribution in [3.05, 3.63) is 45.4 Å². The van der Waals surface area contributed by atoms with Gasteiger partial charge >= 0.3 is 5.97 Å². The highest BCUT2D eigenvalue weighted by atomic mass is 32.1. The van der Waals surface area contributed by atoms with E-state index in [-0.39, 0.29) is 10.7 Å². The summed E-state index contributed by atoms with van der Waals surface area (Å²) in [7, 11) is 0. The summed E-state index contributed by atoms with van der Waals surface area (Å²) in [5.74, 6) is -1.39. The van der Waals surface area contributed by atoms with E-state index in [9.17, 15) is 9.18 Å². The monoisotopic (exact) mass is 250 g/mol. The van der Waals surface area contributed by atoms with Crippen molar-refractivity contribution in [2.75, 3.05) is 0 Å². The highest BCUT2D eigenvalue weighted by Crippen LogP contribution is 2.33. The number of carbonyl (C=O) groups is 1. The zero-order valence-corrected chi connectivity index (χ0v) is 10.3. The van der Waals surface area contributed by atoms with Gasteiger partial charge in [-0.2, -0.15) is 0 Å². The summed E-state index contributed by atoms with van der Waals surface area (Å²) >= 11 is 1.11. The Balaban J connectivity index is 2.69. The molecule has 1 aromatic heterocycles. The maximum absolute atomic E-state index is 13.9. The fourth-order valence-corrected chi connectivity index (χ4v) is 2.67. The second kappa shape index (κ2) is 4.30. The molecule has 0 atom stereocenters. The Hall–Kier alpha value is -1.68. The van der Waals surface area contributed by atoms with Crippen LogP contribution in [0.15, 0.2) is 23.6 Å². The van der Waals surface area contributed by atoms with Gasteiger partial charge in [0.2, 0.25) is 0 Å². The Morgan fingerprint density at radius 2 is 2.06 bits per heavy atom. The fourth-order valence-electron chi connectivity index (χ4n) is 1.93. The Morgan fingerprint density at radius 3 is 2.65 bits per heavy atom. The summed E-state index contributed by atoms with van der Waals surface area (Å²) in [6, 6.07) is 4.92. The standard InChI is InChI=1S/C13H11FO2S/c1-7-5-8(2)11(10(14)6-7)9-3-4-17-12(9)13(15)16/h3-6H,1-2H3,(H,15,16). The first-order valence-corrected chi connectivity index (χ1v) is 5.96. The second-order valence-electron chi connectivity index (χ2n) is 3.91. The molecule has 4 heteroatoms. The van der Waals surface area contributed by atoms with Crippen molar-refractivity contribution >= 4 is 17.3 Å². The number of aryl methyl sites for hydroxylation is 2. The van der Waals surface area contributed by atoms with Crippen LogP contribution in [0.2, 0.25) is 0 Å². The number of hydrogen-bond donors (Lipinski definition) is 1. The second-order valence-corrected chi connectivity index (χ2v) is 4.82. The molecule has 0 saturated heterocycles. The minimum Gasteiger partial charge on any atom is -0.477 e. The molecule has 0 aliphatic heterocycles. The molecule has 0 radical (unpaired) electrons. The maximum Gasteiger partial charge on any atom is 0.346 e. The van der Waals surface area contributed by atoms with Crippen molar-refractivity contribution in [3.63, 3.8) is 0 Å². The van der Waals surface area contributed by atoms with Gasteiger partial charge in [0.25, 0.3) is 0 Å². The Morgan fingerprint density at radius 1 is 1.35 bits per heavy atom. The smallest absolute Gasteiger partial charge is 0.346 e. The number of halogens is 1. The van der Waals surface area contributed by atoms with Crippen LogP contribution in [0, 0.1) is 19.7 Å². The third kappa shape index (κ3) is 2.08. The average Bonchev–Trinajstić information content (AvgIpc) is 2.64. The lowest BCUT2D eigenvalue weighted by atomic mass is 9.98. The molecule has 17 heavy (non-hydrogen) atoms. The summed E-state index contributed by atoms with van der Waals surface area (Å²) < 4.78 is 13.9. The first kappa shape index (κ1) is 11.8. The van der Waals surface area contributed by atoms with E-state index in [4.69, 9.17) is 5.11 Å². The fraction of sp³-hybridized carbons (Fsp3) is 0.154. The third-order valence-corrected chi connectivity index (χ3v) is 3.46. The lowest BCUT2D eigenvalue weighted by Gasteiger charge is -2.08. The number of carboxylic acids is 1. The SMILES string of the molecule is Cc1cc(C)c(-c2ccsc2C(=O)O)c(F)c1. The molecule has 2 aromatic rings. The molecule has 2 nitrogen and oxygen atoms in total. The van der Waals surface area contributed by atoms with E-state index in [1.54, 1.807) is 18.4 Å². The minimum absolute atomic E-state index is 0.177. The van der Waals surface area contributed by atoms with Crippen LogP contribution >= 0.6 is 11.3 Å². The van der Waals surface area contributed by atoms with Gasteiger partial charge in [-0.1, -0.05) is 6.07 Å². The zero-order chi connectivity index (χ0) is 12.6. The molecule has 1 aromatic carbocycles. The van der Waals surface area contributed by atoms with Crippen molar-refractivity contribution in [2.45, 2.75) is 13.8 Å². The predicted octanol–water partition coefficient (Wildman–Crippen LogP) is 3.87. The lowest BCUT2D eigenvalue weighted by molar-refractivity contribution is 0.0703. The topological polar surface area (TPSA) is 37.3 Å². The van der Waals surface area contributed by atoms with Crippen molar-refractivity contribution in [3.8, 4) is 11.1 Å². The van der Waals surface area contributed by atoms with Gasteiger partial charge in [-0.25, -0.2) is 9.18 Å². The van der Waals surface area contributed by atoms with E-state index in [1.807, 2.05) is 13.0 Å². The first-order valence-electron chi connectivity index (χ1n) is 5.08. The van der Waals surface area contributed by atoms with Crippen molar-refractivity contribution in [1.82, 2.24) is 0 Å². The van der Waals surface area contributed by atoms with Crippen molar-refractivity contribution in [2.24, 2.45) is 0 Å². The molecule has 1 N–H and O–H groups in total. The number of benzene rings is 1. The molecule has 1 heterocycles. The number of aromatic carboxylic acids is 1. The molecule has 0 saturated carbocycles. The zero-order valence-electron chi connectivity index (χ0n) is 9.45. The molecule has 0 aliphatic carbocycles. The summed E-state index contributed by atoms with van der Waals surface area (Å²) in [5.41, 5.74) is 2.42. The van der Waals surface area contributed by atoms with Crippen molar-refractivity contribution in [1.29, 1.82) is 0 Å². The van der Waals surface area contributed by atoms with Crippen molar-refractivity contribution < 1.29 is 14.3 Å². The molecular weight excluding hydrogens is 239 g/mol. The van der Waals surface area contributed by atoms with Crippen LogP contribution in [0.1, 0.15) is 20.8 Å². The number of hydrogen-bond acceptors (Lipinski definition) is 2. The molecule has 0 spiro atoms. The predicted molar refractivity (Wildman–Crippen MR) is 66.1 cm³/mol. The van der Waals surface area contributed by atoms with Crippen LogP contribution in [-0.4, -0.2) is 11.1 Å². The van der Waals surface area contributed by atoms with E-state index >= 15 is 0 Å². The van der Waals surface area contributed by atoms with E-state index in [0.29, 0.717) is 11.1 Å². The normalized spacial score (nSPS) is 10.5. The van der Waals surface area contributed by atoms with E-state index in [2.05, 4.69) is 0 Å². The third-order valence-electron chi connectivity index (χ3n) is 2.56. The Labute approximate surface area is 102 Å². The number of thiophene rings is 1. The quantitative estimate of drug-likeness (QED) is 0.878. The molecule has 0 bridgehead atoms. The van der Waals surface area contributed by atoms with E-state index in [1.165, 1.54) is 6.07 Å². The van der Waals surface area contributed by atoms with Gasteiger partial charge in [0.15, 0.2) is 0 Å². The highest BCUT2D eigenvalue weighted by Gasteiger charge is 2.18. The van der Waals surface area contributed by atoms with Gasteiger partial charge in [-0.3, -0.25) is 0 Å². The first-order chi connectivity index (χ1) is 8.00. The van der Waals surface area contributed by atoms with Gasteiger partial charge in [0.05, 0.1) is 0 Å².